The van der Waals surface area contributed by atoms with Crippen LogP contribution in [0.4, 0.5) is 5.69 Å². The minimum Gasteiger partial charge on any atom is -0.458 e. The van der Waals surface area contributed by atoms with Gasteiger partial charge in [-0.05, 0) is 44.2 Å². The molecular formula is C22H27N3O3. The van der Waals surface area contributed by atoms with Gasteiger partial charge in [0.1, 0.15) is 17.1 Å². The van der Waals surface area contributed by atoms with Crippen molar-refractivity contribution < 1.29 is 13.6 Å². The van der Waals surface area contributed by atoms with Crippen LogP contribution in [0.3, 0.4) is 0 Å². The molecule has 1 amide bonds. The van der Waals surface area contributed by atoms with Crippen LogP contribution < -0.4 is 11.1 Å². The molecule has 28 heavy (non-hydrogen) atoms. The van der Waals surface area contributed by atoms with Gasteiger partial charge >= 0.3 is 0 Å². The van der Waals surface area contributed by atoms with Gasteiger partial charge in [-0.25, -0.2) is 0 Å². The molecule has 0 bridgehead atoms. The molecule has 0 aliphatic carbocycles. The number of fused-ring (bicyclic) bond motifs is 1. The highest BCUT2D eigenvalue weighted by Crippen LogP contribution is 2.33. The van der Waals surface area contributed by atoms with Crippen LogP contribution in [0.25, 0.3) is 16.7 Å². The maximum atomic E-state index is 11.8. The molecule has 6 heteroatoms. The van der Waals surface area contributed by atoms with Crippen molar-refractivity contribution in [3.8, 4) is 0 Å². The molecule has 6 nitrogen and oxygen atoms in total. The van der Waals surface area contributed by atoms with Gasteiger partial charge in [0.25, 0.3) is 5.91 Å². The molecule has 0 unspecified atom stereocenters. The monoisotopic (exact) mass is 381 g/mol. The number of furan rings is 2. The lowest BCUT2D eigenvalue weighted by molar-refractivity contribution is 0.0977. The molecule has 0 spiro atoms. The lowest BCUT2D eigenvalue weighted by atomic mass is 10.1. The Bertz CT molecular complexity index is 1010. The highest BCUT2D eigenvalue weighted by Gasteiger charge is 2.20. The number of nitrogens with one attached hydrogen (secondary N) is 1. The van der Waals surface area contributed by atoms with Gasteiger partial charge in [0.15, 0.2) is 0 Å². The first kappa shape index (κ1) is 19.8. The van der Waals surface area contributed by atoms with Crippen molar-refractivity contribution in [3.05, 3.63) is 59.8 Å². The fourth-order valence-electron chi connectivity index (χ4n) is 3.30. The second-order valence-electron chi connectivity index (χ2n) is 7.63. The Hall–Kier alpha value is -2.99. The van der Waals surface area contributed by atoms with Crippen LogP contribution >= 0.6 is 0 Å². The average molecular weight is 381 g/mol. The van der Waals surface area contributed by atoms with Gasteiger partial charge in [-0.2, -0.15) is 0 Å². The summed E-state index contributed by atoms with van der Waals surface area (Å²) in [5.41, 5.74) is 8.17. The lowest BCUT2D eigenvalue weighted by Crippen LogP contribution is -2.22. The normalized spacial score (nSPS) is 11.5. The molecule has 0 radical (unpaired) electrons. The zero-order valence-corrected chi connectivity index (χ0v) is 16.8. The van der Waals surface area contributed by atoms with Crippen LogP contribution in [0.1, 0.15) is 41.5 Å². The third-order valence-corrected chi connectivity index (χ3v) is 4.40. The van der Waals surface area contributed by atoms with E-state index >= 15 is 0 Å². The third kappa shape index (κ3) is 4.28. The minimum atomic E-state index is -0.639. The molecule has 3 N–H and O–H groups in total. The van der Waals surface area contributed by atoms with Crippen LogP contribution in [-0.2, 0) is 6.54 Å². The van der Waals surface area contributed by atoms with E-state index in [1.807, 2.05) is 37.3 Å². The number of amides is 1. The third-order valence-electron chi connectivity index (χ3n) is 4.40. The standard InChI is InChI=1S/C22H27N3O3/c1-13(2)11-25(5)12-16-7-9-18(27-16)15(4)24-20-17-10-14(3)6-8-19(17)28-21(20)22(23)26/h6-10,13,24H,4,11-12H2,1-3,5H3,(H2,23,26). The van der Waals surface area contributed by atoms with E-state index < -0.39 is 5.91 Å². The Labute approximate surface area is 165 Å². The number of aryl methyl sites for hydroxylation is 1. The van der Waals surface area contributed by atoms with Crippen molar-refractivity contribution in [2.75, 3.05) is 18.9 Å². The number of nitrogens with two attached hydrogens (primary N) is 1. The van der Waals surface area contributed by atoms with E-state index in [1.54, 1.807) is 0 Å². The summed E-state index contributed by atoms with van der Waals surface area (Å²) < 4.78 is 11.6. The molecule has 2 heterocycles. The molecule has 3 rings (SSSR count). The summed E-state index contributed by atoms with van der Waals surface area (Å²) in [5, 5.41) is 3.94. The van der Waals surface area contributed by atoms with Crippen molar-refractivity contribution in [2.45, 2.75) is 27.3 Å². The summed E-state index contributed by atoms with van der Waals surface area (Å²) in [6.07, 6.45) is 0. The lowest BCUT2D eigenvalue weighted by Gasteiger charge is -2.17. The first-order valence-corrected chi connectivity index (χ1v) is 9.31. The van der Waals surface area contributed by atoms with E-state index in [0.29, 0.717) is 35.2 Å². The van der Waals surface area contributed by atoms with Gasteiger partial charge in [0, 0.05) is 11.9 Å². The number of benzene rings is 1. The van der Waals surface area contributed by atoms with Crippen molar-refractivity contribution in [2.24, 2.45) is 11.7 Å². The molecule has 0 atom stereocenters. The summed E-state index contributed by atoms with van der Waals surface area (Å²) in [4.78, 5) is 14.0. The molecular weight excluding hydrogens is 354 g/mol. The number of nitrogens with zero attached hydrogens (tertiary/aromatic N) is 1. The average Bonchev–Trinajstić information content (AvgIpc) is 3.19. The maximum absolute atomic E-state index is 11.8. The first-order chi connectivity index (χ1) is 13.2. The number of hydrogen-bond acceptors (Lipinski definition) is 5. The van der Waals surface area contributed by atoms with Crippen LogP contribution in [0.5, 0.6) is 0 Å². The Morgan fingerprint density at radius 3 is 2.68 bits per heavy atom. The Morgan fingerprint density at radius 2 is 2.00 bits per heavy atom. The molecule has 148 valence electrons. The number of anilines is 1. The van der Waals surface area contributed by atoms with E-state index in [1.165, 1.54) is 0 Å². The van der Waals surface area contributed by atoms with Gasteiger partial charge in [-0.3, -0.25) is 9.69 Å². The highest BCUT2D eigenvalue weighted by atomic mass is 16.4. The molecule has 0 saturated heterocycles. The molecule has 0 aliphatic heterocycles. The SMILES string of the molecule is C=C(Nc1c(C(N)=O)oc2ccc(C)cc12)c1ccc(CN(C)CC(C)C)o1. The summed E-state index contributed by atoms with van der Waals surface area (Å²) in [7, 11) is 2.06. The fourth-order valence-corrected chi connectivity index (χ4v) is 3.30. The van der Waals surface area contributed by atoms with Crippen molar-refractivity contribution >= 4 is 28.3 Å². The summed E-state index contributed by atoms with van der Waals surface area (Å²) in [6, 6.07) is 9.48. The Morgan fingerprint density at radius 1 is 1.25 bits per heavy atom. The second-order valence-corrected chi connectivity index (χ2v) is 7.63. The maximum Gasteiger partial charge on any atom is 0.286 e. The molecule has 1 aromatic carbocycles. The Balaban J connectivity index is 1.83. The van der Waals surface area contributed by atoms with Gasteiger partial charge in [0.2, 0.25) is 5.76 Å². The highest BCUT2D eigenvalue weighted by molar-refractivity contribution is 6.07. The van der Waals surface area contributed by atoms with E-state index in [2.05, 4.69) is 37.7 Å². The largest absolute Gasteiger partial charge is 0.458 e. The molecule has 0 aliphatic rings. The predicted octanol–water partition coefficient (Wildman–Crippen LogP) is 4.60. The second kappa shape index (κ2) is 7.94. The van der Waals surface area contributed by atoms with Crippen molar-refractivity contribution in [3.63, 3.8) is 0 Å². The molecule has 2 aromatic heterocycles. The smallest absolute Gasteiger partial charge is 0.286 e. The predicted molar refractivity (Wildman–Crippen MR) is 112 cm³/mol. The topological polar surface area (TPSA) is 84.6 Å². The number of carbonyl (C=O) groups excluding carboxylic acids is 1. The van der Waals surface area contributed by atoms with Gasteiger partial charge in [-0.1, -0.05) is 32.1 Å². The fraction of sp³-hybridized carbons (Fsp3) is 0.318. The zero-order valence-electron chi connectivity index (χ0n) is 16.8. The van der Waals surface area contributed by atoms with E-state index in [0.717, 1.165) is 23.3 Å². The van der Waals surface area contributed by atoms with E-state index in [9.17, 15) is 4.79 Å². The molecule has 3 aromatic rings. The van der Waals surface area contributed by atoms with E-state index in [-0.39, 0.29) is 5.76 Å². The molecule has 0 fully saturated rings. The summed E-state index contributed by atoms with van der Waals surface area (Å²) >= 11 is 0. The van der Waals surface area contributed by atoms with Crippen molar-refractivity contribution in [1.82, 2.24) is 4.90 Å². The Kier molecular flexibility index (Phi) is 5.61. The number of carbonyl (C=O) groups is 1. The van der Waals surface area contributed by atoms with Crippen LogP contribution in [-0.4, -0.2) is 24.4 Å². The minimum absolute atomic E-state index is 0.0743. The van der Waals surface area contributed by atoms with Gasteiger partial charge in [0.05, 0.1) is 17.9 Å². The van der Waals surface area contributed by atoms with Gasteiger partial charge < -0.3 is 19.9 Å². The van der Waals surface area contributed by atoms with E-state index in [4.69, 9.17) is 14.6 Å². The quantitative estimate of drug-likeness (QED) is 0.595. The van der Waals surface area contributed by atoms with Gasteiger partial charge in [-0.15, -0.1) is 0 Å². The summed E-state index contributed by atoms with van der Waals surface area (Å²) in [5.74, 6) is 1.47. The number of primary amides is 1. The zero-order chi connectivity index (χ0) is 20.4. The molecule has 0 saturated carbocycles. The number of hydrogen-bond donors (Lipinski definition) is 2. The first-order valence-electron chi connectivity index (χ1n) is 9.31. The van der Waals surface area contributed by atoms with Crippen LogP contribution in [0, 0.1) is 12.8 Å². The van der Waals surface area contributed by atoms with Crippen LogP contribution in [0.15, 0.2) is 45.7 Å². The summed E-state index contributed by atoms with van der Waals surface area (Å²) in [6.45, 7) is 12.1. The number of rotatable bonds is 8. The van der Waals surface area contributed by atoms with Crippen molar-refractivity contribution in [1.29, 1.82) is 0 Å². The van der Waals surface area contributed by atoms with Crippen LogP contribution in [0.2, 0.25) is 0 Å².